The van der Waals surface area contributed by atoms with Gasteiger partial charge in [-0.3, -0.25) is 4.79 Å². The summed E-state index contributed by atoms with van der Waals surface area (Å²) in [5.41, 5.74) is 1.21. The van der Waals surface area contributed by atoms with Crippen LogP contribution in [0.1, 0.15) is 18.0 Å². The van der Waals surface area contributed by atoms with Crippen molar-refractivity contribution in [3.05, 3.63) is 63.9 Å². The molecule has 6 heteroatoms. The lowest BCUT2D eigenvalue weighted by Crippen LogP contribution is -2.30. The van der Waals surface area contributed by atoms with Crippen molar-refractivity contribution < 1.29 is 14.3 Å². The van der Waals surface area contributed by atoms with Gasteiger partial charge in [0.25, 0.3) is 5.91 Å². The van der Waals surface area contributed by atoms with Gasteiger partial charge in [-0.25, -0.2) is 4.39 Å². The Hall–Kier alpha value is -1.62. The molecule has 2 atom stereocenters. The van der Waals surface area contributed by atoms with E-state index in [4.69, 9.17) is 23.2 Å². The minimum atomic E-state index is -1.11. The predicted octanol–water partition coefficient (Wildman–Crippen LogP) is 3.97. The van der Waals surface area contributed by atoms with Gasteiger partial charge < -0.3 is 10.0 Å². The molecule has 0 aromatic heterocycles. The lowest BCUT2D eigenvalue weighted by molar-refractivity contribution is -0.124. The topological polar surface area (TPSA) is 40.5 Å². The molecule has 3 rings (SSSR count). The Kier molecular flexibility index (Phi) is 4.08. The average molecular weight is 340 g/mol. The molecular formula is C16H12Cl2FNO2. The molecule has 0 radical (unpaired) electrons. The summed E-state index contributed by atoms with van der Waals surface area (Å²) < 4.78 is 13.2. The van der Waals surface area contributed by atoms with Crippen LogP contribution < -0.4 is 4.90 Å². The standard InChI is InChI=1S/C16H12Cl2FNO2/c17-9-1-4-11(5-2-9)20-14(8-15(21)16(20)22)12-6-3-10(19)7-13(12)18/h1-7,14-15,21H,8H2. The van der Waals surface area contributed by atoms with Gasteiger partial charge in [0.1, 0.15) is 11.9 Å². The van der Waals surface area contributed by atoms with Crippen molar-refractivity contribution in [1.82, 2.24) is 0 Å². The van der Waals surface area contributed by atoms with Gasteiger partial charge in [-0.2, -0.15) is 0 Å². The van der Waals surface area contributed by atoms with Gasteiger partial charge in [0.05, 0.1) is 6.04 Å². The van der Waals surface area contributed by atoms with E-state index in [1.165, 1.54) is 23.1 Å². The quantitative estimate of drug-likeness (QED) is 0.899. The number of hydrogen-bond acceptors (Lipinski definition) is 2. The Bertz CT molecular complexity index is 721. The first-order chi connectivity index (χ1) is 10.5. The SMILES string of the molecule is O=C1C(O)CC(c2ccc(F)cc2Cl)N1c1ccc(Cl)cc1. The Labute approximate surface area is 136 Å². The van der Waals surface area contributed by atoms with Crippen LogP contribution in [0.5, 0.6) is 0 Å². The van der Waals surface area contributed by atoms with Gasteiger partial charge in [-0.05, 0) is 42.0 Å². The second-order valence-corrected chi connectivity index (χ2v) is 5.96. The number of aliphatic hydroxyl groups is 1. The molecule has 1 aliphatic rings. The van der Waals surface area contributed by atoms with Gasteiger partial charge in [0.15, 0.2) is 0 Å². The lowest BCUT2D eigenvalue weighted by atomic mass is 10.0. The summed E-state index contributed by atoms with van der Waals surface area (Å²) in [6.07, 6.45) is -0.908. The zero-order valence-corrected chi connectivity index (χ0v) is 12.9. The Balaban J connectivity index is 2.05. The Morgan fingerprint density at radius 2 is 1.82 bits per heavy atom. The first-order valence-electron chi connectivity index (χ1n) is 6.69. The van der Waals surface area contributed by atoms with Crippen LogP contribution in [-0.4, -0.2) is 17.1 Å². The fourth-order valence-electron chi connectivity index (χ4n) is 2.68. The normalized spacial score (nSPS) is 21.5. The first-order valence-corrected chi connectivity index (χ1v) is 7.44. The molecule has 0 spiro atoms. The summed E-state index contributed by atoms with van der Waals surface area (Å²) in [6, 6.07) is 10.3. The van der Waals surface area contributed by atoms with E-state index in [1.807, 2.05) is 0 Å². The Morgan fingerprint density at radius 1 is 1.14 bits per heavy atom. The molecule has 1 N–H and O–H groups in total. The summed E-state index contributed by atoms with van der Waals surface area (Å²) in [4.78, 5) is 13.8. The fraction of sp³-hybridized carbons (Fsp3) is 0.188. The molecule has 0 saturated carbocycles. The average Bonchev–Trinajstić information content (AvgIpc) is 2.76. The van der Waals surface area contributed by atoms with Gasteiger partial charge in [-0.1, -0.05) is 29.3 Å². The Morgan fingerprint density at radius 3 is 2.45 bits per heavy atom. The number of nitrogens with zero attached hydrogens (tertiary/aromatic N) is 1. The number of hydrogen-bond donors (Lipinski definition) is 1. The molecule has 1 saturated heterocycles. The number of carbonyl (C=O) groups is 1. The van der Waals surface area contributed by atoms with Crippen LogP contribution in [0.25, 0.3) is 0 Å². The molecule has 0 bridgehead atoms. The van der Waals surface area contributed by atoms with Gasteiger partial charge in [0.2, 0.25) is 0 Å². The third-order valence-electron chi connectivity index (χ3n) is 3.71. The van der Waals surface area contributed by atoms with Crippen molar-refractivity contribution in [2.45, 2.75) is 18.6 Å². The summed E-state index contributed by atoms with van der Waals surface area (Å²) in [7, 11) is 0. The molecule has 1 heterocycles. The van der Waals surface area contributed by atoms with Gasteiger partial charge in [-0.15, -0.1) is 0 Å². The highest BCUT2D eigenvalue weighted by Gasteiger charge is 2.40. The van der Waals surface area contributed by atoms with Crippen molar-refractivity contribution in [2.75, 3.05) is 4.90 Å². The molecule has 114 valence electrons. The predicted molar refractivity (Wildman–Crippen MR) is 83.7 cm³/mol. The third-order valence-corrected chi connectivity index (χ3v) is 4.29. The van der Waals surface area contributed by atoms with E-state index >= 15 is 0 Å². The lowest BCUT2D eigenvalue weighted by Gasteiger charge is -2.25. The highest BCUT2D eigenvalue weighted by Crippen LogP contribution is 2.40. The van der Waals surface area contributed by atoms with Gasteiger partial charge >= 0.3 is 0 Å². The van der Waals surface area contributed by atoms with E-state index in [9.17, 15) is 14.3 Å². The number of amides is 1. The number of halogens is 3. The van der Waals surface area contributed by atoms with Crippen LogP contribution in [-0.2, 0) is 4.79 Å². The van der Waals surface area contributed by atoms with Gasteiger partial charge in [0, 0.05) is 22.2 Å². The van der Waals surface area contributed by atoms with Crippen molar-refractivity contribution in [3.63, 3.8) is 0 Å². The maximum absolute atomic E-state index is 13.2. The summed E-state index contributed by atoms with van der Waals surface area (Å²) in [5.74, 6) is -0.857. The fourth-order valence-corrected chi connectivity index (χ4v) is 3.10. The molecule has 1 amide bonds. The first kappa shape index (κ1) is 15.3. The largest absolute Gasteiger partial charge is 0.383 e. The van der Waals surface area contributed by atoms with E-state index in [2.05, 4.69) is 0 Å². The van der Waals surface area contributed by atoms with Crippen molar-refractivity contribution in [1.29, 1.82) is 0 Å². The number of anilines is 1. The van der Waals surface area contributed by atoms with E-state index in [0.29, 0.717) is 16.3 Å². The molecule has 2 aromatic carbocycles. The van der Waals surface area contributed by atoms with Crippen LogP contribution in [0.4, 0.5) is 10.1 Å². The van der Waals surface area contributed by atoms with Crippen LogP contribution in [0, 0.1) is 5.82 Å². The molecular weight excluding hydrogens is 328 g/mol. The molecule has 1 aliphatic heterocycles. The van der Waals surface area contributed by atoms with Crippen molar-refractivity contribution in [2.24, 2.45) is 0 Å². The monoisotopic (exact) mass is 339 g/mol. The molecule has 22 heavy (non-hydrogen) atoms. The van der Waals surface area contributed by atoms with Crippen molar-refractivity contribution in [3.8, 4) is 0 Å². The molecule has 3 nitrogen and oxygen atoms in total. The maximum atomic E-state index is 13.2. The number of carbonyl (C=O) groups excluding carboxylic acids is 1. The number of benzene rings is 2. The second-order valence-electron chi connectivity index (χ2n) is 5.12. The minimum absolute atomic E-state index is 0.201. The van der Waals surface area contributed by atoms with E-state index in [0.717, 1.165) is 0 Å². The highest BCUT2D eigenvalue weighted by molar-refractivity contribution is 6.31. The number of rotatable bonds is 2. The summed E-state index contributed by atoms with van der Waals surface area (Å²) >= 11 is 12.0. The molecule has 0 aliphatic carbocycles. The van der Waals surface area contributed by atoms with Crippen LogP contribution in [0.2, 0.25) is 10.0 Å². The molecule has 2 aromatic rings. The van der Waals surface area contributed by atoms with Crippen LogP contribution in [0.15, 0.2) is 42.5 Å². The van der Waals surface area contributed by atoms with Crippen LogP contribution >= 0.6 is 23.2 Å². The van der Waals surface area contributed by atoms with Crippen molar-refractivity contribution >= 4 is 34.8 Å². The van der Waals surface area contributed by atoms with E-state index in [1.54, 1.807) is 24.3 Å². The zero-order valence-electron chi connectivity index (χ0n) is 11.3. The zero-order chi connectivity index (χ0) is 15.9. The highest BCUT2D eigenvalue weighted by atomic mass is 35.5. The second kappa shape index (κ2) is 5.88. The number of aliphatic hydroxyl groups excluding tert-OH is 1. The van der Waals surface area contributed by atoms with E-state index in [-0.39, 0.29) is 11.4 Å². The van der Waals surface area contributed by atoms with Crippen LogP contribution in [0.3, 0.4) is 0 Å². The molecule has 1 fully saturated rings. The smallest absolute Gasteiger partial charge is 0.256 e. The minimum Gasteiger partial charge on any atom is -0.383 e. The third kappa shape index (κ3) is 2.70. The summed E-state index contributed by atoms with van der Waals surface area (Å²) in [5, 5.41) is 10.7. The maximum Gasteiger partial charge on any atom is 0.256 e. The summed E-state index contributed by atoms with van der Waals surface area (Å²) in [6.45, 7) is 0. The molecule has 2 unspecified atom stereocenters. The van der Waals surface area contributed by atoms with E-state index < -0.39 is 23.9 Å².